The van der Waals surface area contributed by atoms with Crippen LogP contribution in [0.25, 0.3) is 16.9 Å². The number of nitrogens with zero attached hydrogens (tertiary/aromatic N) is 2. The predicted octanol–water partition coefficient (Wildman–Crippen LogP) is 5.05. The Balaban J connectivity index is 1.60. The van der Waals surface area contributed by atoms with Crippen LogP contribution in [0.5, 0.6) is 0 Å². The van der Waals surface area contributed by atoms with Crippen LogP contribution in [0.2, 0.25) is 0 Å². The van der Waals surface area contributed by atoms with Crippen LogP contribution in [-0.2, 0) is 4.79 Å². The van der Waals surface area contributed by atoms with E-state index in [1.54, 1.807) is 12.1 Å². The third kappa shape index (κ3) is 3.47. The number of nitrogens with one attached hydrogen (secondary N) is 1. The van der Waals surface area contributed by atoms with Crippen LogP contribution < -0.4 is 5.32 Å². The van der Waals surface area contributed by atoms with Crippen molar-refractivity contribution in [2.24, 2.45) is 5.92 Å². The minimum Gasteiger partial charge on any atom is -0.310 e. The Hall–Kier alpha value is -2.69. The highest BCUT2D eigenvalue weighted by Crippen LogP contribution is 2.31. The van der Waals surface area contributed by atoms with Crippen molar-refractivity contribution in [3.05, 3.63) is 54.5 Å². The lowest BCUT2D eigenvalue weighted by Gasteiger charge is -2.10. The van der Waals surface area contributed by atoms with Gasteiger partial charge in [0.15, 0.2) is 0 Å². The highest BCUT2D eigenvalue weighted by Gasteiger charge is 2.19. The first kappa shape index (κ1) is 16.8. The van der Waals surface area contributed by atoms with Crippen molar-refractivity contribution in [3.63, 3.8) is 0 Å². The van der Waals surface area contributed by atoms with Crippen LogP contribution in [0, 0.1) is 11.7 Å². The topological polar surface area (TPSA) is 46.4 Å². The van der Waals surface area contributed by atoms with Crippen molar-refractivity contribution in [2.45, 2.75) is 38.5 Å². The number of imidazole rings is 1. The SMILES string of the molecule is O=C(CCC1CCCC1)Nc1c(-c2ccc(F)cc2)nc2ccccn12. The smallest absolute Gasteiger partial charge is 0.225 e. The lowest BCUT2D eigenvalue weighted by molar-refractivity contribution is -0.116. The van der Waals surface area contributed by atoms with Crippen LogP contribution in [-0.4, -0.2) is 15.3 Å². The van der Waals surface area contributed by atoms with Gasteiger partial charge in [-0.05, 0) is 48.7 Å². The number of aromatic nitrogens is 2. The molecule has 0 atom stereocenters. The fourth-order valence-corrected chi connectivity index (χ4v) is 3.75. The molecule has 1 aliphatic rings. The molecule has 1 aliphatic carbocycles. The van der Waals surface area contributed by atoms with E-state index in [0.29, 0.717) is 23.9 Å². The van der Waals surface area contributed by atoms with Crippen molar-refractivity contribution in [2.75, 3.05) is 5.32 Å². The minimum atomic E-state index is -0.292. The lowest BCUT2D eigenvalue weighted by atomic mass is 10.0. The number of hydrogen-bond acceptors (Lipinski definition) is 2. The van der Waals surface area contributed by atoms with Crippen molar-refractivity contribution in [3.8, 4) is 11.3 Å². The van der Waals surface area contributed by atoms with Crippen LogP contribution in [0.15, 0.2) is 48.7 Å². The molecular formula is C21H22FN3O. The van der Waals surface area contributed by atoms with Gasteiger partial charge in [-0.1, -0.05) is 31.7 Å². The second-order valence-electron chi connectivity index (χ2n) is 6.98. The zero-order valence-electron chi connectivity index (χ0n) is 14.6. The minimum absolute atomic E-state index is 0.00548. The van der Waals surface area contributed by atoms with E-state index in [4.69, 9.17) is 0 Å². The number of rotatable bonds is 5. The molecule has 134 valence electrons. The first-order valence-corrected chi connectivity index (χ1v) is 9.23. The second kappa shape index (κ2) is 7.28. The van der Waals surface area contributed by atoms with E-state index in [1.807, 2.05) is 28.8 Å². The van der Waals surface area contributed by atoms with Crippen LogP contribution in [0.1, 0.15) is 38.5 Å². The maximum Gasteiger partial charge on any atom is 0.225 e. The molecule has 2 aromatic heterocycles. The fraction of sp³-hybridized carbons (Fsp3) is 0.333. The summed E-state index contributed by atoms with van der Waals surface area (Å²) in [6.45, 7) is 0. The lowest BCUT2D eigenvalue weighted by Crippen LogP contribution is -2.14. The van der Waals surface area contributed by atoms with Gasteiger partial charge in [-0.25, -0.2) is 9.37 Å². The number of amides is 1. The maximum atomic E-state index is 13.3. The Bertz CT molecular complexity index is 911. The molecule has 2 heterocycles. The van der Waals surface area contributed by atoms with Crippen molar-refractivity contribution in [1.82, 2.24) is 9.38 Å². The van der Waals surface area contributed by atoms with E-state index in [9.17, 15) is 9.18 Å². The summed E-state index contributed by atoms with van der Waals surface area (Å²) in [6.07, 6.45) is 8.39. The average molecular weight is 351 g/mol. The molecular weight excluding hydrogens is 329 g/mol. The van der Waals surface area contributed by atoms with Gasteiger partial charge < -0.3 is 5.32 Å². The summed E-state index contributed by atoms with van der Waals surface area (Å²) in [5, 5.41) is 3.04. The number of anilines is 1. The Morgan fingerprint density at radius 1 is 1.15 bits per heavy atom. The van der Waals surface area contributed by atoms with E-state index in [2.05, 4.69) is 10.3 Å². The summed E-state index contributed by atoms with van der Waals surface area (Å²) in [6, 6.07) is 11.9. The van der Waals surface area contributed by atoms with Gasteiger partial charge in [-0.3, -0.25) is 9.20 Å². The predicted molar refractivity (Wildman–Crippen MR) is 100 cm³/mol. The van der Waals surface area contributed by atoms with Crippen LogP contribution >= 0.6 is 0 Å². The number of carbonyl (C=O) groups excluding carboxylic acids is 1. The third-order valence-electron chi connectivity index (χ3n) is 5.16. The first-order valence-electron chi connectivity index (χ1n) is 9.23. The van der Waals surface area contributed by atoms with Crippen molar-refractivity contribution >= 4 is 17.4 Å². The van der Waals surface area contributed by atoms with E-state index in [0.717, 1.165) is 17.6 Å². The molecule has 1 fully saturated rings. The van der Waals surface area contributed by atoms with Gasteiger partial charge in [-0.15, -0.1) is 0 Å². The number of fused-ring (bicyclic) bond motifs is 1. The number of benzene rings is 1. The highest BCUT2D eigenvalue weighted by molar-refractivity contribution is 5.94. The molecule has 0 spiro atoms. The van der Waals surface area contributed by atoms with Crippen LogP contribution in [0.3, 0.4) is 0 Å². The van der Waals surface area contributed by atoms with E-state index < -0.39 is 0 Å². The van der Waals surface area contributed by atoms with Gasteiger partial charge >= 0.3 is 0 Å². The van der Waals surface area contributed by atoms with Gasteiger partial charge in [0.2, 0.25) is 5.91 Å². The summed E-state index contributed by atoms with van der Waals surface area (Å²) >= 11 is 0. The molecule has 1 saturated carbocycles. The van der Waals surface area contributed by atoms with E-state index >= 15 is 0 Å². The Morgan fingerprint density at radius 3 is 2.69 bits per heavy atom. The van der Waals surface area contributed by atoms with Crippen LogP contribution in [0.4, 0.5) is 10.2 Å². The molecule has 0 aliphatic heterocycles. The molecule has 5 heteroatoms. The molecule has 1 aromatic carbocycles. The molecule has 1 N–H and O–H groups in total. The third-order valence-corrected chi connectivity index (χ3v) is 5.16. The van der Waals surface area contributed by atoms with Crippen molar-refractivity contribution in [1.29, 1.82) is 0 Å². The van der Waals surface area contributed by atoms with Gasteiger partial charge in [0, 0.05) is 18.2 Å². The van der Waals surface area contributed by atoms with Crippen molar-refractivity contribution < 1.29 is 9.18 Å². The first-order chi connectivity index (χ1) is 12.7. The zero-order valence-corrected chi connectivity index (χ0v) is 14.6. The molecule has 0 bridgehead atoms. The average Bonchev–Trinajstić information content (AvgIpc) is 3.29. The molecule has 0 saturated heterocycles. The number of carbonyl (C=O) groups is 1. The summed E-state index contributed by atoms with van der Waals surface area (Å²) in [5.74, 6) is 1.04. The van der Waals surface area contributed by atoms with E-state index in [1.165, 1.54) is 37.8 Å². The monoisotopic (exact) mass is 351 g/mol. The Kier molecular flexibility index (Phi) is 4.69. The standard InChI is InChI=1S/C21H22FN3O/c22-17-11-9-16(10-12-17)20-21(25-14-4-3-7-18(25)23-20)24-19(26)13-8-15-5-1-2-6-15/h3-4,7,9-12,14-15H,1-2,5-6,8,13H2,(H,24,26). The summed E-state index contributed by atoms with van der Waals surface area (Å²) in [5.41, 5.74) is 2.18. The number of pyridine rings is 1. The second-order valence-corrected chi connectivity index (χ2v) is 6.98. The largest absolute Gasteiger partial charge is 0.310 e. The fourth-order valence-electron chi connectivity index (χ4n) is 3.75. The molecule has 0 radical (unpaired) electrons. The van der Waals surface area contributed by atoms with E-state index in [-0.39, 0.29) is 11.7 Å². The molecule has 1 amide bonds. The quantitative estimate of drug-likeness (QED) is 0.699. The highest BCUT2D eigenvalue weighted by atomic mass is 19.1. The van der Waals surface area contributed by atoms with Gasteiger partial charge in [0.25, 0.3) is 0 Å². The summed E-state index contributed by atoms with van der Waals surface area (Å²) < 4.78 is 15.1. The molecule has 3 aromatic rings. The van der Waals surface area contributed by atoms with Gasteiger partial charge in [0.05, 0.1) is 0 Å². The summed E-state index contributed by atoms with van der Waals surface area (Å²) in [7, 11) is 0. The normalized spacial score (nSPS) is 14.8. The Labute approximate surface area is 152 Å². The summed E-state index contributed by atoms with van der Waals surface area (Å²) in [4.78, 5) is 17.2. The maximum absolute atomic E-state index is 13.3. The Morgan fingerprint density at radius 2 is 1.92 bits per heavy atom. The number of halogens is 1. The molecule has 4 nitrogen and oxygen atoms in total. The molecule has 4 rings (SSSR count). The molecule has 0 unspecified atom stereocenters. The molecule has 26 heavy (non-hydrogen) atoms. The number of hydrogen-bond donors (Lipinski definition) is 1. The van der Waals surface area contributed by atoms with Gasteiger partial charge in [-0.2, -0.15) is 0 Å². The zero-order chi connectivity index (χ0) is 17.9. The van der Waals surface area contributed by atoms with Gasteiger partial charge in [0.1, 0.15) is 23.0 Å².